The molecule has 3 rings (SSSR count). The van der Waals surface area contributed by atoms with E-state index < -0.39 is 5.97 Å². The first-order chi connectivity index (χ1) is 13.6. The second-order valence-corrected chi connectivity index (χ2v) is 6.32. The molecule has 1 heterocycles. The van der Waals surface area contributed by atoms with Gasteiger partial charge in [0.1, 0.15) is 5.75 Å². The van der Waals surface area contributed by atoms with Gasteiger partial charge >= 0.3 is 5.97 Å². The number of hydrogen-bond acceptors (Lipinski definition) is 3. The normalized spacial score (nSPS) is 10.9. The van der Waals surface area contributed by atoms with Crippen molar-refractivity contribution in [3.63, 3.8) is 0 Å². The molecule has 0 amide bonds. The molecule has 0 aliphatic rings. The van der Waals surface area contributed by atoms with Gasteiger partial charge < -0.3 is 14.4 Å². The molecule has 0 radical (unpaired) electrons. The number of hydrogen-bond donors (Lipinski definition) is 1. The van der Waals surface area contributed by atoms with Crippen LogP contribution in [0.1, 0.15) is 27.2 Å². The number of aliphatic carboxylic acids is 1. The van der Waals surface area contributed by atoms with E-state index in [1.54, 1.807) is 37.4 Å². The Balaban J connectivity index is 1.67. The largest absolute Gasteiger partial charge is 0.497 e. The zero-order valence-electron chi connectivity index (χ0n) is 15.5. The second kappa shape index (κ2) is 8.86. The molecule has 0 fully saturated rings. The van der Waals surface area contributed by atoms with Crippen molar-refractivity contribution < 1.29 is 19.4 Å². The summed E-state index contributed by atoms with van der Waals surface area (Å²) < 4.78 is 7.02. The van der Waals surface area contributed by atoms with E-state index in [1.807, 2.05) is 53.2 Å². The number of ketones is 1. The summed E-state index contributed by atoms with van der Waals surface area (Å²) in [6, 6.07) is 18.1. The number of carbonyl (C=O) groups is 2. The molecule has 5 heteroatoms. The molecule has 142 valence electrons. The maximum absolute atomic E-state index is 12.8. The molecular weight excluding hydrogens is 354 g/mol. The van der Waals surface area contributed by atoms with Crippen LogP contribution in [-0.2, 0) is 17.8 Å². The van der Waals surface area contributed by atoms with Gasteiger partial charge in [-0.1, -0.05) is 36.4 Å². The third kappa shape index (κ3) is 4.76. The molecule has 5 nitrogen and oxygen atoms in total. The lowest BCUT2D eigenvalue weighted by Crippen LogP contribution is -2.09. The van der Waals surface area contributed by atoms with Crippen LogP contribution in [0.15, 0.2) is 72.9 Å². The second-order valence-electron chi connectivity index (χ2n) is 6.32. The highest BCUT2D eigenvalue weighted by molar-refractivity contribution is 6.08. The maximum atomic E-state index is 12.8. The minimum atomic E-state index is -0.843. The van der Waals surface area contributed by atoms with Crippen LogP contribution in [0.5, 0.6) is 5.75 Å². The summed E-state index contributed by atoms with van der Waals surface area (Å²) in [5.41, 5.74) is 2.97. The number of allylic oxidation sites excluding steroid dienone is 1. The van der Waals surface area contributed by atoms with E-state index in [0.717, 1.165) is 11.1 Å². The molecule has 0 spiro atoms. The molecule has 3 aromatic rings. The maximum Gasteiger partial charge on any atom is 0.307 e. The molecule has 0 aliphatic carbocycles. The Morgan fingerprint density at radius 3 is 2.39 bits per heavy atom. The minimum absolute atomic E-state index is 0.0180. The number of benzene rings is 2. The fourth-order valence-corrected chi connectivity index (χ4v) is 2.89. The van der Waals surface area contributed by atoms with Crippen LogP contribution in [0.3, 0.4) is 0 Å². The van der Waals surface area contributed by atoms with Crippen LogP contribution in [0.2, 0.25) is 0 Å². The van der Waals surface area contributed by atoms with Crippen LogP contribution in [0.25, 0.3) is 6.08 Å². The van der Waals surface area contributed by atoms with Crippen LogP contribution >= 0.6 is 0 Å². The lowest BCUT2D eigenvalue weighted by atomic mass is 10.1. The van der Waals surface area contributed by atoms with Crippen molar-refractivity contribution in [3.8, 4) is 5.75 Å². The molecule has 0 unspecified atom stereocenters. The Bertz CT molecular complexity index is 982. The standard InChI is InChI=1S/C23H21NO4/c1-28-20-12-10-19(11-13-20)23(27)21-5-3-15-24(21)14-2-4-17-6-8-18(9-7-17)16-22(25)26/h2-13,15H,14,16H2,1H3,(H,25,26)/b4-2+. The van der Waals surface area contributed by atoms with E-state index in [9.17, 15) is 9.59 Å². The number of aromatic nitrogens is 1. The Kier molecular flexibility index (Phi) is 6.07. The molecule has 0 saturated heterocycles. The Morgan fingerprint density at radius 2 is 1.75 bits per heavy atom. The van der Waals surface area contributed by atoms with E-state index in [1.165, 1.54) is 0 Å². The summed E-state index contributed by atoms with van der Waals surface area (Å²) in [6.45, 7) is 0.557. The van der Waals surface area contributed by atoms with Crippen LogP contribution < -0.4 is 4.74 Å². The van der Waals surface area contributed by atoms with Gasteiger partial charge in [-0.15, -0.1) is 0 Å². The van der Waals surface area contributed by atoms with Crippen molar-refractivity contribution in [2.45, 2.75) is 13.0 Å². The molecule has 1 aromatic heterocycles. The van der Waals surface area contributed by atoms with Crippen molar-refractivity contribution in [1.29, 1.82) is 0 Å². The van der Waals surface area contributed by atoms with Gasteiger partial charge in [-0.25, -0.2) is 0 Å². The van der Waals surface area contributed by atoms with Gasteiger partial charge in [0.25, 0.3) is 0 Å². The lowest BCUT2D eigenvalue weighted by molar-refractivity contribution is -0.136. The molecule has 0 atom stereocenters. The molecular formula is C23H21NO4. The van der Waals surface area contributed by atoms with Crippen molar-refractivity contribution in [1.82, 2.24) is 4.57 Å². The Labute approximate surface area is 163 Å². The van der Waals surface area contributed by atoms with Gasteiger partial charge in [0.15, 0.2) is 0 Å². The number of nitrogens with zero attached hydrogens (tertiary/aromatic N) is 1. The van der Waals surface area contributed by atoms with Crippen molar-refractivity contribution >= 4 is 17.8 Å². The summed E-state index contributed by atoms with van der Waals surface area (Å²) >= 11 is 0. The van der Waals surface area contributed by atoms with Gasteiger partial charge in [-0.2, -0.15) is 0 Å². The highest BCUT2D eigenvalue weighted by Gasteiger charge is 2.12. The fourth-order valence-electron chi connectivity index (χ4n) is 2.89. The number of methoxy groups -OCH3 is 1. The van der Waals surface area contributed by atoms with Gasteiger partial charge in [0, 0.05) is 18.3 Å². The SMILES string of the molecule is COc1ccc(C(=O)c2cccn2C/C=C/c2ccc(CC(=O)O)cc2)cc1. The average Bonchev–Trinajstić information content (AvgIpc) is 3.17. The number of rotatable bonds is 8. The molecule has 0 aliphatic heterocycles. The van der Waals surface area contributed by atoms with Crippen LogP contribution in [-0.4, -0.2) is 28.5 Å². The van der Waals surface area contributed by atoms with Crippen molar-refractivity contribution in [2.24, 2.45) is 0 Å². The zero-order chi connectivity index (χ0) is 19.9. The monoisotopic (exact) mass is 375 g/mol. The van der Waals surface area contributed by atoms with Gasteiger partial charge in [-0.3, -0.25) is 9.59 Å². The lowest BCUT2D eigenvalue weighted by Gasteiger charge is -2.07. The number of carbonyl (C=O) groups excluding carboxylic acids is 1. The minimum Gasteiger partial charge on any atom is -0.497 e. The number of ether oxygens (including phenoxy) is 1. The third-order valence-corrected chi connectivity index (χ3v) is 4.36. The van der Waals surface area contributed by atoms with Gasteiger partial charge in [0.05, 0.1) is 19.2 Å². The van der Waals surface area contributed by atoms with Crippen LogP contribution in [0, 0.1) is 0 Å². The topological polar surface area (TPSA) is 68.5 Å². The van der Waals surface area contributed by atoms with E-state index in [0.29, 0.717) is 23.6 Å². The van der Waals surface area contributed by atoms with Crippen molar-refractivity contribution in [3.05, 3.63) is 95.3 Å². The summed E-state index contributed by atoms with van der Waals surface area (Å²) in [5, 5.41) is 8.81. The highest BCUT2D eigenvalue weighted by Crippen LogP contribution is 2.16. The number of carboxylic acids is 1. The summed E-state index contributed by atoms with van der Waals surface area (Å²) in [6.07, 6.45) is 5.81. The summed E-state index contributed by atoms with van der Waals surface area (Å²) in [4.78, 5) is 23.5. The predicted octanol–water partition coefficient (Wildman–Crippen LogP) is 4.07. The fraction of sp³-hybridized carbons (Fsp3) is 0.130. The third-order valence-electron chi connectivity index (χ3n) is 4.36. The Hall–Kier alpha value is -3.60. The molecule has 2 aromatic carbocycles. The van der Waals surface area contributed by atoms with E-state index in [-0.39, 0.29) is 12.2 Å². The molecule has 28 heavy (non-hydrogen) atoms. The first-order valence-corrected chi connectivity index (χ1v) is 8.88. The average molecular weight is 375 g/mol. The molecule has 0 bridgehead atoms. The van der Waals surface area contributed by atoms with Crippen molar-refractivity contribution in [2.75, 3.05) is 7.11 Å². The Morgan fingerprint density at radius 1 is 1.04 bits per heavy atom. The zero-order valence-corrected chi connectivity index (χ0v) is 15.5. The number of carboxylic acid groups (broad SMARTS) is 1. The first-order valence-electron chi connectivity index (χ1n) is 8.88. The molecule has 0 saturated carbocycles. The smallest absolute Gasteiger partial charge is 0.307 e. The van der Waals surface area contributed by atoms with E-state index in [4.69, 9.17) is 9.84 Å². The van der Waals surface area contributed by atoms with Crippen LogP contribution in [0.4, 0.5) is 0 Å². The first kappa shape index (κ1) is 19.2. The summed E-state index contributed by atoms with van der Waals surface area (Å²) in [7, 11) is 1.59. The van der Waals surface area contributed by atoms with E-state index in [2.05, 4.69) is 0 Å². The van der Waals surface area contributed by atoms with Gasteiger partial charge in [-0.05, 0) is 47.5 Å². The molecule has 1 N–H and O–H groups in total. The summed E-state index contributed by atoms with van der Waals surface area (Å²) in [5.74, 6) is -0.173. The van der Waals surface area contributed by atoms with Gasteiger partial charge in [0.2, 0.25) is 5.78 Å². The quantitative estimate of drug-likeness (QED) is 0.603. The predicted molar refractivity (Wildman–Crippen MR) is 108 cm³/mol. The highest BCUT2D eigenvalue weighted by atomic mass is 16.5. The van der Waals surface area contributed by atoms with E-state index >= 15 is 0 Å².